The Hall–Kier alpha value is -4.07. The predicted octanol–water partition coefficient (Wildman–Crippen LogP) is 2.14. The van der Waals surface area contributed by atoms with E-state index in [1.54, 1.807) is 18.2 Å². The molecule has 30 heavy (non-hydrogen) atoms. The van der Waals surface area contributed by atoms with Crippen molar-refractivity contribution in [3.05, 3.63) is 68.9 Å². The summed E-state index contributed by atoms with van der Waals surface area (Å²) in [6.07, 6.45) is -4.56. The number of para-hydroxylation sites is 1. The first-order chi connectivity index (χ1) is 14.2. The maximum Gasteiger partial charge on any atom is 0.422 e. The van der Waals surface area contributed by atoms with Gasteiger partial charge in [0.2, 0.25) is 5.91 Å². The van der Waals surface area contributed by atoms with E-state index in [-0.39, 0.29) is 27.9 Å². The van der Waals surface area contributed by atoms with Crippen LogP contribution in [0.25, 0.3) is 10.9 Å². The van der Waals surface area contributed by atoms with Gasteiger partial charge in [0.05, 0.1) is 16.5 Å². The molecule has 1 amide bonds. The molecule has 2 N–H and O–H groups in total. The molecule has 0 aliphatic rings. The normalized spacial score (nSPS) is 11.1. The summed E-state index contributed by atoms with van der Waals surface area (Å²) in [6.45, 7) is -2.00. The van der Waals surface area contributed by atoms with E-state index < -0.39 is 36.5 Å². The maximum absolute atomic E-state index is 12.4. The number of aromatic amines is 1. The zero-order chi connectivity index (χ0) is 21.9. The Kier molecular flexibility index (Phi) is 5.59. The molecular formula is C19H13F3N4O4. The Morgan fingerprint density at radius 3 is 2.63 bits per heavy atom. The number of ether oxygens (including phenoxy) is 1. The lowest BCUT2D eigenvalue weighted by Crippen LogP contribution is -2.34. The molecule has 0 radical (unpaired) electrons. The van der Waals surface area contributed by atoms with Gasteiger partial charge in [-0.25, -0.2) is 4.79 Å². The highest BCUT2D eigenvalue weighted by Crippen LogP contribution is 2.25. The zero-order valence-electron chi connectivity index (χ0n) is 15.1. The lowest BCUT2D eigenvalue weighted by Gasteiger charge is -2.12. The predicted molar refractivity (Wildman–Crippen MR) is 100 cm³/mol. The molecule has 1 heterocycles. The highest BCUT2D eigenvalue weighted by atomic mass is 19.4. The summed E-state index contributed by atoms with van der Waals surface area (Å²) >= 11 is 0. The largest absolute Gasteiger partial charge is 0.483 e. The number of aromatic nitrogens is 2. The summed E-state index contributed by atoms with van der Waals surface area (Å²) in [4.78, 5) is 38.5. The smallest absolute Gasteiger partial charge is 0.422 e. The summed E-state index contributed by atoms with van der Waals surface area (Å²) in [5, 5.41) is 11.8. The first-order valence-electron chi connectivity index (χ1n) is 8.43. The molecular weight excluding hydrogens is 405 g/mol. The van der Waals surface area contributed by atoms with Crippen LogP contribution in [0.3, 0.4) is 0 Å². The van der Waals surface area contributed by atoms with Gasteiger partial charge in [0.25, 0.3) is 5.56 Å². The number of rotatable bonds is 5. The van der Waals surface area contributed by atoms with Gasteiger partial charge in [0, 0.05) is 5.69 Å². The summed E-state index contributed by atoms with van der Waals surface area (Å²) in [7, 11) is 0. The SMILES string of the molecule is N#Cc1cc(NC(=O)Cn2c(=O)[nH]c(=O)c3ccccc32)ccc1OCC(F)(F)F. The average Bonchev–Trinajstić information content (AvgIpc) is 2.69. The number of carbonyl (C=O) groups excluding carboxylic acids is 1. The Morgan fingerprint density at radius 2 is 1.93 bits per heavy atom. The summed E-state index contributed by atoms with van der Waals surface area (Å²) in [6, 6.07) is 11.5. The van der Waals surface area contributed by atoms with Crippen LogP contribution < -0.4 is 21.3 Å². The quantitative estimate of drug-likeness (QED) is 0.659. The third-order valence-corrected chi connectivity index (χ3v) is 3.98. The highest BCUT2D eigenvalue weighted by Gasteiger charge is 2.28. The number of hydrogen-bond donors (Lipinski definition) is 2. The van der Waals surface area contributed by atoms with Crippen molar-refractivity contribution in [3.8, 4) is 11.8 Å². The van der Waals surface area contributed by atoms with Gasteiger partial charge in [-0.2, -0.15) is 18.4 Å². The number of halogens is 3. The third kappa shape index (κ3) is 4.67. The van der Waals surface area contributed by atoms with Gasteiger partial charge in [-0.3, -0.25) is 19.1 Å². The molecule has 0 saturated heterocycles. The Balaban J connectivity index is 1.81. The number of hydrogen-bond acceptors (Lipinski definition) is 5. The number of amides is 1. The van der Waals surface area contributed by atoms with Gasteiger partial charge in [-0.15, -0.1) is 0 Å². The van der Waals surface area contributed by atoms with Crippen molar-refractivity contribution in [2.45, 2.75) is 12.7 Å². The second-order valence-corrected chi connectivity index (χ2v) is 6.14. The molecule has 0 bridgehead atoms. The van der Waals surface area contributed by atoms with Crippen molar-refractivity contribution in [1.29, 1.82) is 5.26 Å². The molecule has 0 unspecified atom stereocenters. The van der Waals surface area contributed by atoms with E-state index in [9.17, 15) is 27.6 Å². The van der Waals surface area contributed by atoms with Gasteiger partial charge in [-0.1, -0.05) is 12.1 Å². The van der Waals surface area contributed by atoms with Gasteiger partial charge < -0.3 is 10.1 Å². The fourth-order valence-electron chi connectivity index (χ4n) is 2.72. The molecule has 8 nitrogen and oxygen atoms in total. The number of benzene rings is 2. The molecule has 2 aromatic carbocycles. The van der Waals surface area contributed by atoms with Crippen LogP contribution in [0.5, 0.6) is 5.75 Å². The average molecular weight is 418 g/mol. The summed E-state index contributed by atoms with van der Waals surface area (Å²) < 4.78 is 42.5. The van der Waals surface area contributed by atoms with Crippen molar-refractivity contribution >= 4 is 22.5 Å². The van der Waals surface area contributed by atoms with E-state index >= 15 is 0 Å². The molecule has 0 aliphatic carbocycles. The van der Waals surface area contributed by atoms with Gasteiger partial charge in [0.1, 0.15) is 18.4 Å². The van der Waals surface area contributed by atoms with Crippen LogP contribution in [0.15, 0.2) is 52.1 Å². The van der Waals surface area contributed by atoms with E-state index in [4.69, 9.17) is 5.26 Å². The van der Waals surface area contributed by atoms with E-state index in [0.29, 0.717) is 0 Å². The molecule has 3 aromatic rings. The fraction of sp³-hybridized carbons (Fsp3) is 0.158. The van der Waals surface area contributed by atoms with Crippen LogP contribution in [0.4, 0.5) is 18.9 Å². The van der Waals surface area contributed by atoms with Crippen LogP contribution in [-0.4, -0.2) is 28.2 Å². The molecule has 154 valence electrons. The summed E-state index contributed by atoms with van der Waals surface area (Å²) in [5.41, 5.74) is -1.18. The minimum atomic E-state index is -4.56. The topological polar surface area (TPSA) is 117 Å². The van der Waals surface area contributed by atoms with Crippen LogP contribution in [0.2, 0.25) is 0 Å². The molecule has 0 aliphatic heterocycles. The maximum atomic E-state index is 12.4. The molecule has 1 aromatic heterocycles. The number of alkyl halides is 3. The second kappa shape index (κ2) is 8.12. The van der Waals surface area contributed by atoms with Crippen molar-refractivity contribution in [2.75, 3.05) is 11.9 Å². The Labute approximate surface area is 166 Å². The van der Waals surface area contributed by atoms with E-state index in [2.05, 4.69) is 15.0 Å². The lowest BCUT2D eigenvalue weighted by atomic mass is 10.2. The van der Waals surface area contributed by atoms with Crippen LogP contribution in [0, 0.1) is 11.3 Å². The molecule has 0 atom stereocenters. The number of fused-ring (bicyclic) bond motifs is 1. The van der Waals surface area contributed by atoms with E-state index in [1.165, 1.54) is 18.2 Å². The van der Waals surface area contributed by atoms with Crippen molar-refractivity contribution in [2.24, 2.45) is 0 Å². The number of nitrogens with zero attached hydrogens (tertiary/aromatic N) is 2. The molecule has 0 saturated carbocycles. The van der Waals surface area contributed by atoms with E-state index in [0.717, 1.165) is 16.7 Å². The van der Waals surface area contributed by atoms with Crippen molar-refractivity contribution in [1.82, 2.24) is 9.55 Å². The number of nitriles is 1. The minimum Gasteiger partial charge on any atom is -0.483 e. The highest BCUT2D eigenvalue weighted by molar-refractivity contribution is 5.92. The number of anilines is 1. The van der Waals surface area contributed by atoms with Gasteiger partial charge in [-0.05, 0) is 30.3 Å². The Morgan fingerprint density at radius 1 is 1.20 bits per heavy atom. The first-order valence-corrected chi connectivity index (χ1v) is 8.43. The van der Waals surface area contributed by atoms with Crippen LogP contribution in [0.1, 0.15) is 5.56 Å². The zero-order valence-corrected chi connectivity index (χ0v) is 15.1. The fourth-order valence-corrected chi connectivity index (χ4v) is 2.72. The van der Waals surface area contributed by atoms with E-state index in [1.807, 2.05) is 0 Å². The monoisotopic (exact) mass is 418 g/mol. The van der Waals surface area contributed by atoms with Crippen molar-refractivity contribution in [3.63, 3.8) is 0 Å². The molecule has 11 heteroatoms. The second-order valence-electron chi connectivity index (χ2n) is 6.14. The van der Waals surface area contributed by atoms with Crippen LogP contribution in [-0.2, 0) is 11.3 Å². The minimum absolute atomic E-state index is 0.123. The van der Waals surface area contributed by atoms with Crippen LogP contribution >= 0.6 is 0 Å². The molecule has 0 spiro atoms. The molecule has 0 fully saturated rings. The standard InChI is InChI=1S/C19H13F3N4O4/c20-19(21,22)10-30-15-6-5-12(7-11(15)8-23)24-16(27)9-26-14-4-2-1-3-13(14)17(28)25-18(26)29/h1-7H,9-10H2,(H,24,27)(H,25,28,29). The summed E-state index contributed by atoms with van der Waals surface area (Å²) in [5.74, 6) is -0.933. The third-order valence-electron chi connectivity index (χ3n) is 3.98. The number of H-pyrrole nitrogens is 1. The number of nitrogens with one attached hydrogen (secondary N) is 2. The van der Waals surface area contributed by atoms with Crippen molar-refractivity contribution < 1.29 is 22.7 Å². The Bertz CT molecular complexity index is 1270. The first kappa shape index (κ1) is 20.7. The van der Waals surface area contributed by atoms with Gasteiger partial charge in [0.15, 0.2) is 6.61 Å². The lowest BCUT2D eigenvalue weighted by molar-refractivity contribution is -0.153. The van der Waals surface area contributed by atoms with Gasteiger partial charge >= 0.3 is 11.9 Å². The molecule has 3 rings (SSSR count). The number of carbonyl (C=O) groups is 1.